The van der Waals surface area contributed by atoms with Crippen LogP contribution in [0.4, 0.5) is 20.2 Å². The average Bonchev–Trinajstić information content (AvgIpc) is 3.06. The number of hydrogen-bond donors (Lipinski definition) is 3. The van der Waals surface area contributed by atoms with Crippen molar-refractivity contribution in [3.05, 3.63) is 90.3 Å². The van der Waals surface area contributed by atoms with Crippen LogP contribution < -0.4 is 30.2 Å². The summed E-state index contributed by atoms with van der Waals surface area (Å²) in [5, 5.41) is 8.88. The molecule has 3 aromatic carbocycles. The highest BCUT2D eigenvalue weighted by atomic mass is 19.1. The van der Waals surface area contributed by atoms with Crippen molar-refractivity contribution in [1.82, 2.24) is 10.3 Å². The number of benzene rings is 3. The Bertz CT molecular complexity index is 1720. The second kappa shape index (κ2) is 15.2. The molecule has 0 atom stereocenters. The molecule has 46 heavy (non-hydrogen) atoms. The minimum absolute atomic E-state index is 0.0884. The summed E-state index contributed by atoms with van der Waals surface area (Å²) < 4.78 is 45.3. The molecule has 3 N–H and O–H groups in total. The number of nitrogens with one attached hydrogen (secondary N) is 3. The van der Waals surface area contributed by atoms with Crippen molar-refractivity contribution in [3.63, 3.8) is 0 Å². The van der Waals surface area contributed by atoms with Crippen LogP contribution in [0.2, 0.25) is 0 Å². The molecule has 1 aliphatic rings. The number of carbonyl (C=O) groups is 2. The SMILES string of the molecule is COc1cc2nccc(Oc3ccc(NC(=O)/C(=C/NCCC4CCCCC4)C(=O)Nc4ccc(F)cc4)cc3F)c2cc1OC. The van der Waals surface area contributed by atoms with E-state index in [0.717, 1.165) is 12.5 Å². The molecule has 1 aromatic heterocycles. The third kappa shape index (κ3) is 8.09. The molecule has 5 rings (SSSR count). The fourth-order valence-electron chi connectivity index (χ4n) is 5.42. The van der Waals surface area contributed by atoms with Crippen LogP contribution in [0.3, 0.4) is 0 Å². The summed E-state index contributed by atoms with van der Waals surface area (Å²) in [5.41, 5.74) is 0.773. The maximum Gasteiger partial charge on any atom is 0.262 e. The van der Waals surface area contributed by atoms with E-state index in [9.17, 15) is 14.0 Å². The molecule has 1 saturated carbocycles. The van der Waals surface area contributed by atoms with Gasteiger partial charge in [-0.25, -0.2) is 8.78 Å². The van der Waals surface area contributed by atoms with E-state index in [-0.39, 0.29) is 17.0 Å². The number of ether oxygens (including phenoxy) is 3. The standard InChI is InChI=1S/C35H36F2N4O5/c1-44-32-19-26-29(20-33(32)45-2)39-17-15-30(26)46-31-13-12-25(18-28(31)37)41-35(43)27(21-38-16-14-22-6-4-3-5-7-22)34(42)40-24-10-8-23(36)9-11-24/h8-13,15,17-22,38H,3-7,14,16H2,1-2H3,(H,40,42)(H,41,43)/b27-21+. The van der Waals surface area contributed by atoms with Crippen molar-refractivity contribution in [3.8, 4) is 23.0 Å². The van der Waals surface area contributed by atoms with Crippen LogP contribution in [-0.4, -0.2) is 37.6 Å². The highest BCUT2D eigenvalue weighted by Crippen LogP contribution is 2.37. The van der Waals surface area contributed by atoms with Crippen LogP contribution in [0.5, 0.6) is 23.0 Å². The van der Waals surface area contributed by atoms with E-state index < -0.39 is 23.4 Å². The summed E-state index contributed by atoms with van der Waals surface area (Å²) in [5.74, 6) is -0.841. The van der Waals surface area contributed by atoms with Crippen LogP contribution in [0.1, 0.15) is 38.5 Å². The van der Waals surface area contributed by atoms with Gasteiger partial charge in [-0.2, -0.15) is 0 Å². The normalized spacial score (nSPS) is 13.6. The number of carbonyl (C=O) groups excluding carboxylic acids is 2. The number of aromatic nitrogens is 1. The van der Waals surface area contributed by atoms with Crippen molar-refractivity contribution in [1.29, 1.82) is 0 Å². The van der Waals surface area contributed by atoms with E-state index in [2.05, 4.69) is 20.9 Å². The maximum atomic E-state index is 15.3. The predicted molar refractivity (Wildman–Crippen MR) is 172 cm³/mol. The van der Waals surface area contributed by atoms with E-state index >= 15 is 4.39 Å². The lowest BCUT2D eigenvalue weighted by molar-refractivity contribution is -0.118. The van der Waals surface area contributed by atoms with Gasteiger partial charge in [-0.05, 0) is 60.9 Å². The van der Waals surface area contributed by atoms with Gasteiger partial charge in [0.05, 0.1) is 19.7 Å². The molecule has 0 bridgehead atoms. The van der Waals surface area contributed by atoms with Crippen molar-refractivity contribution in [2.24, 2.45) is 5.92 Å². The number of anilines is 2. The Hall–Kier alpha value is -5.19. The van der Waals surface area contributed by atoms with E-state index in [1.54, 1.807) is 18.2 Å². The number of rotatable bonds is 12. The first-order valence-corrected chi connectivity index (χ1v) is 15.1. The van der Waals surface area contributed by atoms with Crippen LogP contribution in [-0.2, 0) is 9.59 Å². The molecule has 0 aliphatic heterocycles. The molecule has 2 amide bonds. The Balaban J connectivity index is 1.31. The molecule has 1 heterocycles. The van der Waals surface area contributed by atoms with Gasteiger partial charge in [-0.1, -0.05) is 32.1 Å². The van der Waals surface area contributed by atoms with Crippen LogP contribution in [0, 0.1) is 17.6 Å². The first-order chi connectivity index (χ1) is 22.3. The molecule has 0 radical (unpaired) electrons. The van der Waals surface area contributed by atoms with Gasteiger partial charge >= 0.3 is 0 Å². The van der Waals surface area contributed by atoms with E-state index in [1.165, 1.54) is 95.1 Å². The first-order valence-electron chi connectivity index (χ1n) is 15.1. The second-order valence-electron chi connectivity index (χ2n) is 11.0. The van der Waals surface area contributed by atoms with Crippen molar-refractivity contribution in [2.75, 3.05) is 31.4 Å². The lowest BCUT2D eigenvalue weighted by atomic mass is 9.87. The quantitative estimate of drug-likeness (QED) is 0.0650. The smallest absolute Gasteiger partial charge is 0.262 e. The zero-order valence-corrected chi connectivity index (χ0v) is 25.7. The predicted octanol–water partition coefficient (Wildman–Crippen LogP) is 7.34. The monoisotopic (exact) mass is 630 g/mol. The lowest BCUT2D eigenvalue weighted by Crippen LogP contribution is -2.28. The molecule has 11 heteroatoms. The molecular weight excluding hydrogens is 594 g/mol. The third-order valence-corrected chi connectivity index (χ3v) is 7.88. The van der Waals surface area contributed by atoms with E-state index in [4.69, 9.17) is 14.2 Å². The third-order valence-electron chi connectivity index (χ3n) is 7.88. The van der Waals surface area contributed by atoms with Gasteiger partial charge in [0.1, 0.15) is 17.1 Å². The molecule has 0 unspecified atom stereocenters. The molecule has 1 fully saturated rings. The van der Waals surface area contributed by atoms with Gasteiger partial charge in [0.25, 0.3) is 11.8 Å². The fraction of sp³-hybridized carbons (Fsp3) is 0.286. The summed E-state index contributed by atoms with van der Waals surface area (Å²) in [7, 11) is 3.03. The van der Waals surface area contributed by atoms with Crippen molar-refractivity contribution < 1.29 is 32.6 Å². The Morgan fingerprint density at radius 1 is 0.826 bits per heavy atom. The van der Waals surface area contributed by atoms with Gasteiger partial charge < -0.3 is 30.2 Å². The minimum atomic E-state index is -0.751. The molecule has 0 saturated heterocycles. The van der Waals surface area contributed by atoms with Gasteiger partial charge in [-0.15, -0.1) is 0 Å². The number of pyridine rings is 1. The van der Waals surface area contributed by atoms with Gasteiger partial charge in [0, 0.05) is 47.8 Å². The van der Waals surface area contributed by atoms with Gasteiger partial charge in [0.15, 0.2) is 23.1 Å². The summed E-state index contributed by atoms with van der Waals surface area (Å²) in [6, 6.07) is 14.1. The number of hydrogen-bond acceptors (Lipinski definition) is 7. The molecule has 9 nitrogen and oxygen atoms in total. The summed E-state index contributed by atoms with van der Waals surface area (Å²) in [6.45, 7) is 0.592. The Morgan fingerprint density at radius 3 is 2.20 bits per heavy atom. The summed E-state index contributed by atoms with van der Waals surface area (Å²) >= 11 is 0. The second-order valence-corrected chi connectivity index (χ2v) is 11.0. The minimum Gasteiger partial charge on any atom is -0.493 e. The van der Waals surface area contributed by atoms with E-state index in [0.29, 0.717) is 46.3 Å². The van der Waals surface area contributed by atoms with Gasteiger partial charge in [0.2, 0.25) is 0 Å². The van der Waals surface area contributed by atoms with Crippen LogP contribution in [0.25, 0.3) is 10.9 Å². The average molecular weight is 631 g/mol. The van der Waals surface area contributed by atoms with Crippen LogP contribution >= 0.6 is 0 Å². The zero-order chi connectivity index (χ0) is 32.5. The van der Waals surface area contributed by atoms with Crippen molar-refractivity contribution >= 4 is 34.1 Å². The molecule has 240 valence electrons. The number of fused-ring (bicyclic) bond motifs is 1. The molecule has 0 spiro atoms. The Labute approximate surface area is 266 Å². The highest BCUT2D eigenvalue weighted by molar-refractivity contribution is 6.26. The lowest BCUT2D eigenvalue weighted by Gasteiger charge is -2.21. The largest absolute Gasteiger partial charge is 0.493 e. The van der Waals surface area contributed by atoms with Gasteiger partial charge in [-0.3, -0.25) is 14.6 Å². The number of halogens is 2. The topological polar surface area (TPSA) is 111 Å². The molecule has 1 aliphatic carbocycles. The maximum absolute atomic E-state index is 15.3. The summed E-state index contributed by atoms with van der Waals surface area (Å²) in [4.78, 5) is 30.8. The zero-order valence-electron chi connectivity index (χ0n) is 25.7. The number of nitrogens with zero attached hydrogens (tertiary/aromatic N) is 1. The Kier molecular flexibility index (Phi) is 10.6. The molecular formula is C35H36F2N4O5. The van der Waals surface area contributed by atoms with E-state index in [1.807, 2.05) is 0 Å². The van der Waals surface area contributed by atoms with Crippen molar-refractivity contribution in [2.45, 2.75) is 38.5 Å². The Morgan fingerprint density at radius 2 is 1.50 bits per heavy atom. The first kappa shape index (κ1) is 32.2. The number of amides is 2. The fourth-order valence-corrected chi connectivity index (χ4v) is 5.42. The number of methoxy groups -OCH3 is 2. The van der Waals surface area contributed by atoms with Crippen LogP contribution in [0.15, 0.2) is 78.6 Å². The highest BCUT2D eigenvalue weighted by Gasteiger charge is 2.21. The summed E-state index contributed by atoms with van der Waals surface area (Å²) in [6.07, 6.45) is 9.87. The molecule has 4 aromatic rings.